The van der Waals surface area contributed by atoms with Crippen LogP contribution in [0, 0.1) is 0 Å². The third kappa shape index (κ3) is 5.42. The first kappa shape index (κ1) is 14.8. The van der Waals surface area contributed by atoms with Crippen molar-refractivity contribution in [2.45, 2.75) is 50.8 Å². The monoisotopic (exact) mass is 232 g/mol. The van der Waals surface area contributed by atoms with E-state index in [4.69, 9.17) is 5.73 Å². The minimum Gasteiger partial charge on any atom is -0.353 e. The van der Waals surface area contributed by atoms with E-state index in [0.29, 0.717) is 6.54 Å². The van der Waals surface area contributed by atoms with E-state index in [0.717, 1.165) is 12.8 Å². The number of carbonyl (C=O) groups excluding carboxylic acids is 1. The summed E-state index contributed by atoms with van der Waals surface area (Å²) in [6, 6.07) is 0. The van der Waals surface area contributed by atoms with Gasteiger partial charge < -0.3 is 11.1 Å². The van der Waals surface area contributed by atoms with Gasteiger partial charge >= 0.3 is 0 Å². The molecule has 0 heterocycles. The van der Waals surface area contributed by atoms with Crippen molar-refractivity contribution in [1.82, 2.24) is 5.32 Å². The van der Waals surface area contributed by atoms with Crippen molar-refractivity contribution in [3.63, 3.8) is 0 Å². The molecule has 1 amide bonds. The lowest BCUT2D eigenvalue weighted by atomic mass is 9.96. The molecular formula is C11H24N2OS. The Morgan fingerprint density at radius 3 is 2.33 bits per heavy atom. The molecule has 0 aliphatic carbocycles. The molecule has 15 heavy (non-hydrogen) atoms. The van der Waals surface area contributed by atoms with Crippen LogP contribution in [-0.4, -0.2) is 29.0 Å². The second-order valence-corrected chi connectivity index (χ2v) is 6.33. The standard InChI is InChI=1S/C11H24N2OS/c1-6-7-11(4,12)9(14)13-8-10(2,3)15-5/h6-8,12H2,1-5H3,(H,13,14). The van der Waals surface area contributed by atoms with Crippen LogP contribution >= 0.6 is 11.8 Å². The Bertz CT molecular complexity index is 215. The summed E-state index contributed by atoms with van der Waals surface area (Å²) in [5.74, 6) is -0.0496. The molecule has 0 radical (unpaired) electrons. The van der Waals surface area contributed by atoms with Crippen LogP contribution in [0.5, 0.6) is 0 Å². The van der Waals surface area contributed by atoms with Gasteiger partial charge in [0, 0.05) is 11.3 Å². The molecule has 0 saturated heterocycles. The molecule has 0 aromatic carbocycles. The first-order valence-corrected chi connectivity index (χ1v) is 6.60. The van der Waals surface area contributed by atoms with Gasteiger partial charge in [-0.15, -0.1) is 0 Å². The molecule has 90 valence electrons. The summed E-state index contributed by atoms with van der Waals surface area (Å²) in [4.78, 5) is 11.8. The van der Waals surface area contributed by atoms with Gasteiger partial charge in [0.15, 0.2) is 0 Å². The molecule has 3 N–H and O–H groups in total. The lowest BCUT2D eigenvalue weighted by Crippen LogP contribution is -2.53. The van der Waals surface area contributed by atoms with Gasteiger partial charge in [0.2, 0.25) is 5.91 Å². The van der Waals surface area contributed by atoms with Crippen molar-refractivity contribution >= 4 is 17.7 Å². The van der Waals surface area contributed by atoms with Crippen LogP contribution in [0.25, 0.3) is 0 Å². The zero-order chi connectivity index (χ0) is 12.1. The molecule has 1 atom stereocenters. The van der Waals surface area contributed by atoms with E-state index in [-0.39, 0.29) is 10.7 Å². The lowest BCUT2D eigenvalue weighted by molar-refractivity contribution is -0.126. The Morgan fingerprint density at radius 1 is 1.40 bits per heavy atom. The van der Waals surface area contributed by atoms with Crippen molar-refractivity contribution < 1.29 is 4.79 Å². The van der Waals surface area contributed by atoms with Gasteiger partial charge in [-0.25, -0.2) is 0 Å². The Hall–Kier alpha value is -0.220. The maximum Gasteiger partial charge on any atom is 0.239 e. The maximum atomic E-state index is 11.8. The van der Waals surface area contributed by atoms with Crippen molar-refractivity contribution in [1.29, 1.82) is 0 Å². The minimum absolute atomic E-state index is 0.0496. The molecule has 3 nitrogen and oxygen atoms in total. The van der Waals surface area contributed by atoms with E-state index < -0.39 is 5.54 Å². The third-order valence-electron chi connectivity index (χ3n) is 2.52. The lowest BCUT2D eigenvalue weighted by Gasteiger charge is -2.27. The van der Waals surface area contributed by atoms with Gasteiger partial charge in [-0.1, -0.05) is 13.3 Å². The average molecular weight is 232 g/mol. The highest BCUT2D eigenvalue weighted by Gasteiger charge is 2.28. The fourth-order valence-corrected chi connectivity index (χ4v) is 1.42. The predicted octanol–water partition coefficient (Wildman–Crippen LogP) is 1.76. The summed E-state index contributed by atoms with van der Waals surface area (Å²) in [5.41, 5.74) is 5.19. The van der Waals surface area contributed by atoms with E-state index in [1.807, 2.05) is 13.2 Å². The van der Waals surface area contributed by atoms with Gasteiger partial charge in [-0.3, -0.25) is 4.79 Å². The molecule has 0 aliphatic heterocycles. The number of hydrogen-bond acceptors (Lipinski definition) is 3. The SMILES string of the molecule is CCCC(C)(N)C(=O)NCC(C)(C)SC. The summed E-state index contributed by atoms with van der Waals surface area (Å²) >= 11 is 1.74. The summed E-state index contributed by atoms with van der Waals surface area (Å²) in [7, 11) is 0. The van der Waals surface area contributed by atoms with Gasteiger partial charge in [-0.05, 0) is 33.4 Å². The number of rotatable bonds is 6. The number of carbonyl (C=O) groups is 1. The maximum absolute atomic E-state index is 11.8. The molecule has 0 aromatic heterocycles. The van der Waals surface area contributed by atoms with E-state index in [1.54, 1.807) is 18.7 Å². The molecule has 0 aliphatic rings. The minimum atomic E-state index is -0.733. The Labute approximate surface area is 97.6 Å². The van der Waals surface area contributed by atoms with Crippen LogP contribution in [-0.2, 0) is 4.79 Å². The summed E-state index contributed by atoms with van der Waals surface area (Å²) < 4.78 is 0.0674. The molecular weight excluding hydrogens is 208 g/mol. The third-order valence-corrected chi connectivity index (χ3v) is 3.76. The number of nitrogens with one attached hydrogen (secondary N) is 1. The molecule has 0 saturated carbocycles. The topological polar surface area (TPSA) is 55.1 Å². The largest absolute Gasteiger partial charge is 0.353 e. The van der Waals surface area contributed by atoms with E-state index in [2.05, 4.69) is 19.2 Å². The van der Waals surface area contributed by atoms with Gasteiger partial charge in [0.25, 0.3) is 0 Å². The van der Waals surface area contributed by atoms with Gasteiger partial charge in [-0.2, -0.15) is 11.8 Å². The highest BCUT2D eigenvalue weighted by molar-refractivity contribution is 7.99. The first-order chi connectivity index (χ1) is 6.75. The zero-order valence-corrected chi connectivity index (χ0v) is 11.3. The van der Waals surface area contributed by atoms with Crippen LogP contribution in [0.1, 0.15) is 40.5 Å². The van der Waals surface area contributed by atoms with Crippen LogP contribution in [0.15, 0.2) is 0 Å². The number of nitrogens with two attached hydrogens (primary N) is 1. The normalized spacial score (nSPS) is 15.9. The fraction of sp³-hybridized carbons (Fsp3) is 0.909. The Kier molecular flexibility index (Phi) is 5.67. The smallest absolute Gasteiger partial charge is 0.239 e. The average Bonchev–Trinajstić information content (AvgIpc) is 2.14. The highest BCUT2D eigenvalue weighted by Crippen LogP contribution is 2.20. The first-order valence-electron chi connectivity index (χ1n) is 5.37. The zero-order valence-electron chi connectivity index (χ0n) is 10.5. The van der Waals surface area contributed by atoms with E-state index in [9.17, 15) is 4.79 Å². The Balaban J connectivity index is 4.14. The van der Waals surface area contributed by atoms with Crippen LogP contribution in [0.2, 0.25) is 0 Å². The summed E-state index contributed by atoms with van der Waals surface area (Å²) in [6.07, 6.45) is 3.69. The van der Waals surface area contributed by atoms with Crippen LogP contribution in [0.3, 0.4) is 0 Å². The molecule has 0 bridgehead atoms. The van der Waals surface area contributed by atoms with Crippen molar-refractivity contribution in [2.24, 2.45) is 5.73 Å². The van der Waals surface area contributed by atoms with Gasteiger partial charge in [0.05, 0.1) is 5.54 Å². The molecule has 0 spiro atoms. The van der Waals surface area contributed by atoms with Gasteiger partial charge in [0.1, 0.15) is 0 Å². The predicted molar refractivity (Wildman–Crippen MR) is 68.1 cm³/mol. The molecule has 0 aromatic rings. The number of thioether (sulfide) groups is 1. The summed E-state index contributed by atoms with van der Waals surface area (Å²) in [5, 5.41) is 2.91. The quantitative estimate of drug-likeness (QED) is 0.734. The molecule has 0 rings (SSSR count). The van der Waals surface area contributed by atoms with E-state index >= 15 is 0 Å². The van der Waals surface area contributed by atoms with Crippen LogP contribution < -0.4 is 11.1 Å². The Morgan fingerprint density at radius 2 is 1.93 bits per heavy atom. The second-order valence-electron chi connectivity index (χ2n) is 4.81. The second kappa shape index (κ2) is 5.75. The summed E-state index contributed by atoms with van der Waals surface area (Å²) in [6.45, 7) is 8.68. The van der Waals surface area contributed by atoms with Crippen molar-refractivity contribution in [2.75, 3.05) is 12.8 Å². The van der Waals surface area contributed by atoms with Crippen molar-refractivity contribution in [3.8, 4) is 0 Å². The number of hydrogen-bond donors (Lipinski definition) is 2. The molecule has 0 fully saturated rings. The molecule has 1 unspecified atom stereocenters. The molecule has 4 heteroatoms. The van der Waals surface area contributed by atoms with Crippen molar-refractivity contribution in [3.05, 3.63) is 0 Å². The van der Waals surface area contributed by atoms with E-state index in [1.165, 1.54) is 0 Å². The highest BCUT2D eigenvalue weighted by atomic mass is 32.2. The van der Waals surface area contributed by atoms with Crippen LogP contribution in [0.4, 0.5) is 0 Å². The number of amides is 1. The fourth-order valence-electron chi connectivity index (χ4n) is 1.20.